The molecule has 5 nitrogen and oxygen atoms in total. The number of imide groups is 1. The number of methoxy groups -OCH3 is 1. The summed E-state index contributed by atoms with van der Waals surface area (Å²) in [4.78, 5) is 26.1. The molecule has 0 aliphatic carbocycles. The van der Waals surface area contributed by atoms with Crippen molar-refractivity contribution in [3.8, 4) is 5.75 Å². The van der Waals surface area contributed by atoms with Gasteiger partial charge in [-0.15, -0.1) is 0 Å². The van der Waals surface area contributed by atoms with Crippen LogP contribution in [0.15, 0.2) is 41.1 Å². The highest BCUT2D eigenvalue weighted by atomic mass is 32.1. The van der Waals surface area contributed by atoms with Gasteiger partial charge < -0.3 is 10.1 Å². The Morgan fingerprint density at radius 1 is 1.23 bits per heavy atom. The Morgan fingerprint density at radius 3 is 2.55 bits per heavy atom. The fourth-order valence-electron chi connectivity index (χ4n) is 2.50. The first kappa shape index (κ1) is 14.6. The standard InChI is InChI=1S/C16H16N2O3S/c1-16(12-7-8-22-10-12)14(19)18(15(20)17-16)9-11-3-5-13(21-2)6-4-11/h3-8,10H,9H2,1-2H3,(H,17,20). The van der Waals surface area contributed by atoms with Crippen molar-refractivity contribution in [3.05, 3.63) is 52.2 Å². The third kappa shape index (κ3) is 2.35. The molecule has 0 spiro atoms. The van der Waals surface area contributed by atoms with Crippen LogP contribution in [0.5, 0.6) is 5.75 Å². The van der Waals surface area contributed by atoms with E-state index in [1.54, 1.807) is 14.0 Å². The van der Waals surface area contributed by atoms with Crippen LogP contribution in [0.25, 0.3) is 0 Å². The predicted molar refractivity (Wildman–Crippen MR) is 83.7 cm³/mol. The van der Waals surface area contributed by atoms with Crippen molar-refractivity contribution in [3.63, 3.8) is 0 Å². The number of rotatable bonds is 4. The fourth-order valence-corrected chi connectivity index (χ4v) is 3.26. The van der Waals surface area contributed by atoms with E-state index >= 15 is 0 Å². The van der Waals surface area contributed by atoms with Gasteiger partial charge in [-0.3, -0.25) is 9.69 Å². The summed E-state index contributed by atoms with van der Waals surface area (Å²) >= 11 is 1.50. The van der Waals surface area contributed by atoms with Gasteiger partial charge in [-0.25, -0.2) is 4.79 Å². The van der Waals surface area contributed by atoms with Crippen molar-refractivity contribution in [1.82, 2.24) is 10.2 Å². The Hall–Kier alpha value is -2.34. The predicted octanol–water partition coefficient (Wildman–Crippen LogP) is 2.72. The molecule has 1 aliphatic heterocycles. The van der Waals surface area contributed by atoms with Crippen LogP contribution in [0.1, 0.15) is 18.1 Å². The number of amides is 3. The van der Waals surface area contributed by atoms with Crippen LogP contribution >= 0.6 is 11.3 Å². The summed E-state index contributed by atoms with van der Waals surface area (Å²) in [7, 11) is 1.60. The monoisotopic (exact) mass is 316 g/mol. The summed E-state index contributed by atoms with van der Waals surface area (Å²) in [5.41, 5.74) is 0.704. The summed E-state index contributed by atoms with van der Waals surface area (Å²) in [5.74, 6) is 0.510. The van der Waals surface area contributed by atoms with Gasteiger partial charge in [0.15, 0.2) is 0 Å². The largest absolute Gasteiger partial charge is 0.497 e. The van der Waals surface area contributed by atoms with Gasteiger partial charge in [0.25, 0.3) is 5.91 Å². The second kappa shape index (κ2) is 5.46. The van der Waals surface area contributed by atoms with Crippen molar-refractivity contribution in [2.45, 2.75) is 19.0 Å². The van der Waals surface area contributed by atoms with E-state index in [2.05, 4.69) is 5.32 Å². The lowest BCUT2D eigenvalue weighted by molar-refractivity contribution is -0.131. The number of carbonyl (C=O) groups excluding carboxylic acids is 2. The molecule has 1 aromatic carbocycles. The van der Waals surface area contributed by atoms with E-state index in [4.69, 9.17) is 4.74 Å². The molecular formula is C16H16N2O3S. The molecule has 6 heteroatoms. The molecule has 0 bridgehead atoms. The van der Waals surface area contributed by atoms with E-state index in [9.17, 15) is 9.59 Å². The highest BCUT2D eigenvalue weighted by molar-refractivity contribution is 7.08. The second-order valence-corrected chi connectivity index (χ2v) is 6.09. The number of nitrogens with one attached hydrogen (secondary N) is 1. The third-order valence-electron chi connectivity index (χ3n) is 3.87. The highest BCUT2D eigenvalue weighted by Gasteiger charge is 2.49. The molecule has 3 rings (SSSR count). The van der Waals surface area contributed by atoms with E-state index in [0.717, 1.165) is 16.9 Å². The number of hydrogen-bond acceptors (Lipinski definition) is 4. The van der Waals surface area contributed by atoms with Gasteiger partial charge in [0.1, 0.15) is 11.3 Å². The summed E-state index contributed by atoms with van der Waals surface area (Å²) in [6.45, 7) is 1.98. The fraction of sp³-hybridized carbons (Fsp3) is 0.250. The first-order chi connectivity index (χ1) is 10.5. The van der Waals surface area contributed by atoms with Gasteiger partial charge in [0.05, 0.1) is 13.7 Å². The Morgan fingerprint density at radius 2 is 1.95 bits per heavy atom. The van der Waals surface area contributed by atoms with Crippen LogP contribution in [0.3, 0.4) is 0 Å². The number of thiophene rings is 1. The lowest BCUT2D eigenvalue weighted by Crippen LogP contribution is -2.40. The van der Waals surface area contributed by atoms with Crippen LogP contribution < -0.4 is 10.1 Å². The molecule has 0 saturated carbocycles. The minimum Gasteiger partial charge on any atom is -0.497 e. The zero-order valence-corrected chi connectivity index (χ0v) is 13.1. The Labute approximate surface area is 132 Å². The van der Waals surface area contributed by atoms with Crippen molar-refractivity contribution in [2.24, 2.45) is 0 Å². The lowest BCUT2D eigenvalue weighted by Gasteiger charge is -2.20. The first-order valence-electron chi connectivity index (χ1n) is 6.84. The Kier molecular flexibility index (Phi) is 3.62. The number of nitrogens with zero attached hydrogens (tertiary/aromatic N) is 1. The van der Waals surface area contributed by atoms with E-state index < -0.39 is 5.54 Å². The molecule has 114 valence electrons. The molecule has 1 N–H and O–H groups in total. The summed E-state index contributed by atoms with van der Waals surface area (Å²) < 4.78 is 5.10. The molecule has 1 aliphatic rings. The second-order valence-electron chi connectivity index (χ2n) is 5.31. The smallest absolute Gasteiger partial charge is 0.325 e. The summed E-state index contributed by atoms with van der Waals surface area (Å²) in [5, 5.41) is 6.57. The van der Waals surface area contributed by atoms with Crippen LogP contribution in [-0.2, 0) is 16.9 Å². The quantitative estimate of drug-likeness (QED) is 0.882. The molecule has 1 unspecified atom stereocenters. The number of ether oxygens (including phenoxy) is 1. The molecule has 1 saturated heterocycles. The molecule has 2 heterocycles. The molecule has 22 heavy (non-hydrogen) atoms. The third-order valence-corrected chi connectivity index (χ3v) is 4.56. The SMILES string of the molecule is COc1ccc(CN2C(=O)NC(C)(c3ccsc3)C2=O)cc1. The summed E-state index contributed by atoms with van der Waals surface area (Å²) in [6, 6.07) is 8.81. The minimum atomic E-state index is -0.983. The molecule has 3 amide bonds. The topological polar surface area (TPSA) is 58.6 Å². The molecule has 1 aromatic heterocycles. The van der Waals surface area contributed by atoms with Gasteiger partial charge in [-0.05, 0) is 47.0 Å². The van der Waals surface area contributed by atoms with E-state index in [0.29, 0.717) is 0 Å². The van der Waals surface area contributed by atoms with E-state index in [-0.39, 0.29) is 18.5 Å². The van der Waals surface area contributed by atoms with Gasteiger partial charge in [0, 0.05) is 0 Å². The molecule has 2 aromatic rings. The maximum atomic E-state index is 12.7. The van der Waals surface area contributed by atoms with Crippen LogP contribution in [0, 0.1) is 0 Å². The first-order valence-corrected chi connectivity index (χ1v) is 7.78. The van der Waals surface area contributed by atoms with Gasteiger partial charge >= 0.3 is 6.03 Å². The molecule has 0 radical (unpaired) electrons. The summed E-state index contributed by atoms with van der Waals surface area (Å²) in [6.07, 6.45) is 0. The van der Waals surface area contributed by atoms with E-state index in [1.165, 1.54) is 16.2 Å². The van der Waals surface area contributed by atoms with Crippen LogP contribution in [-0.4, -0.2) is 23.9 Å². The molecular weight excluding hydrogens is 300 g/mol. The zero-order chi connectivity index (χ0) is 15.7. The average molecular weight is 316 g/mol. The van der Waals surface area contributed by atoms with Gasteiger partial charge in [0.2, 0.25) is 0 Å². The number of benzene rings is 1. The van der Waals surface area contributed by atoms with Crippen molar-refractivity contribution < 1.29 is 14.3 Å². The Bertz CT molecular complexity index is 697. The van der Waals surface area contributed by atoms with Gasteiger partial charge in [-0.2, -0.15) is 11.3 Å². The molecule has 1 fully saturated rings. The highest BCUT2D eigenvalue weighted by Crippen LogP contribution is 2.31. The number of carbonyl (C=O) groups is 2. The lowest BCUT2D eigenvalue weighted by atomic mass is 9.95. The number of hydrogen-bond donors (Lipinski definition) is 1. The molecule has 1 atom stereocenters. The minimum absolute atomic E-state index is 0.230. The van der Waals surface area contributed by atoms with Crippen molar-refractivity contribution in [2.75, 3.05) is 7.11 Å². The van der Waals surface area contributed by atoms with Crippen molar-refractivity contribution >= 4 is 23.3 Å². The normalized spacial score (nSPS) is 21.1. The van der Waals surface area contributed by atoms with E-state index in [1.807, 2.05) is 41.1 Å². The van der Waals surface area contributed by atoms with Crippen molar-refractivity contribution in [1.29, 1.82) is 0 Å². The number of urea groups is 1. The maximum Gasteiger partial charge on any atom is 0.325 e. The Balaban J connectivity index is 1.82. The average Bonchev–Trinajstić information content (AvgIpc) is 3.13. The zero-order valence-electron chi connectivity index (χ0n) is 12.3. The van der Waals surface area contributed by atoms with Crippen LogP contribution in [0.2, 0.25) is 0 Å². The van der Waals surface area contributed by atoms with Gasteiger partial charge in [-0.1, -0.05) is 12.1 Å². The van der Waals surface area contributed by atoms with Crippen LogP contribution in [0.4, 0.5) is 4.79 Å². The maximum absolute atomic E-state index is 12.7.